The topological polar surface area (TPSA) is 154 Å². The number of benzene rings is 1. The Bertz CT molecular complexity index is 1540. The highest BCUT2D eigenvalue weighted by Crippen LogP contribution is 2.53. The molecule has 0 spiro atoms. The minimum Gasteiger partial charge on any atom is -0.510 e. The largest absolute Gasteiger partial charge is 0.510 e. The van der Waals surface area contributed by atoms with Crippen molar-refractivity contribution in [2.45, 2.75) is 50.2 Å². The van der Waals surface area contributed by atoms with E-state index < -0.39 is 69.9 Å². The number of halogens is 2. The van der Waals surface area contributed by atoms with Crippen LogP contribution < -0.4 is 5.73 Å². The zero-order chi connectivity index (χ0) is 31.9. The average Bonchev–Trinajstić information content (AvgIpc) is 3.29. The molecule has 6 atom stereocenters. The average molecular weight is 614 g/mol. The van der Waals surface area contributed by atoms with E-state index in [9.17, 15) is 38.5 Å². The SMILES string of the molecule is CN(C)[C@@H]1C(O)=C(C(N)=O)C(=O)C2C(=O)C3=C(O)c4c(O)ccc(C5(C)OC=CC5CN5CCC(F)(F)CC5)c4C[C@H]3CC21. The Morgan fingerprint density at radius 3 is 2.45 bits per heavy atom. The number of phenols is 1. The number of carbonyl (C=O) groups excluding carboxylic acids is 3. The number of likely N-dealkylation sites (tertiary alicyclic amines) is 1. The van der Waals surface area contributed by atoms with Crippen LogP contribution in [0.3, 0.4) is 0 Å². The number of ketones is 2. The second-order valence-corrected chi connectivity index (χ2v) is 13.1. The molecular formula is C32H37F2N3O7. The van der Waals surface area contributed by atoms with Crippen LogP contribution in [-0.2, 0) is 31.1 Å². The maximum Gasteiger partial charge on any atom is 0.255 e. The molecular weight excluding hydrogens is 576 g/mol. The molecule has 0 bridgehead atoms. The molecule has 2 fully saturated rings. The van der Waals surface area contributed by atoms with Gasteiger partial charge in [0.2, 0.25) is 0 Å². The van der Waals surface area contributed by atoms with Gasteiger partial charge < -0.3 is 30.7 Å². The molecule has 1 aromatic carbocycles. The summed E-state index contributed by atoms with van der Waals surface area (Å²) in [6.45, 7) is 2.87. The number of carbonyl (C=O) groups is 3. The number of ether oxygens (including phenoxy) is 1. The van der Waals surface area contributed by atoms with Gasteiger partial charge in [0.15, 0.2) is 11.6 Å². The fraction of sp³-hybridized carbons (Fsp3) is 0.531. The monoisotopic (exact) mass is 613 g/mol. The highest BCUT2D eigenvalue weighted by molar-refractivity contribution is 6.28. The summed E-state index contributed by atoms with van der Waals surface area (Å²) in [4.78, 5) is 43.2. The van der Waals surface area contributed by atoms with Crippen molar-refractivity contribution in [2.75, 3.05) is 33.7 Å². The Balaban J connectivity index is 1.39. The molecule has 3 aliphatic carbocycles. The van der Waals surface area contributed by atoms with Gasteiger partial charge in [-0.2, -0.15) is 0 Å². The molecule has 6 rings (SSSR count). The Morgan fingerprint density at radius 1 is 1.14 bits per heavy atom. The number of hydrogen-bond acceptors (Lipinski definition) is 9. The molecule has 5 N–H and O–H groups in total. The number of primary amides is 1. The lowest BCUT2D eigenvalue weighted by atomic mass is 9.59. The van der Waals surface area contributed by atoms with E-state index in [2.05, 4.69) is 0 Å². The number of fused-ring (bicyclic) bond motifs is 3. The third-order valence-corrected chi connectivity index (χ3v) is 10.4. The molecule has 2 heterocycles. The number of rotatable bonds is 5. The van der Waals surface area contributed by atoms with Crippen molar-refractivity contribution < 1.29 is 43.2 Å². The summed E-state index contributed by atoms with van der Waals surface area (Å²) in [5.41, 5.74) is 5.22. The second-order valence-electron chi connectivity index (χ2n) is 13.1. The lowest BCUT2D eigenvalue weighted by molar-refractivity contribution is -0.136. The molecule has 44 heavy (non-hydrogen) atoms. The smallest absolute Gasteiger partial charge is 0.255 e. The second kappa shape index (κ2) is 10.4. The minimum atomic E-state index is -2.67. The molecule has 1 saturated heterocycles. The van der Waals surface area contributed by atoms with Crippen LogP contribution in [0.25, 0.3) is 5.76 Å². The standard InChI is InChI=1S/C32H37F2N3O7/c1-31(16(6-11-44-31)14-37-9-7-32(33,34)8-10-37)19-4-5-20(38)22-17(19)12-15-13-18-23(27(40)21(15)26(22)39)28(41)24(30(35)43)29(42)25(18)36(2)3/h4-6,11,15-16,18,23,25,38-39,42H,7-10,12-14H2,1-3H3,(H2,35,43)/t15-,16?,18?,23?,25-,31?/m0/s1. The summed E-state index contributed by atoms with van der Waals surface area (Å²) in [6.07, 6.45) is 3.52. The Hall–Kier alpha value is -3.77. The summed E-state index contributed by atoms with van der Waals surface area (Å²) < 4.78 is 33.8. The quantitative estimate of drug-likeness (QED) is 0.290. The van der Waals surface area contributed by atoms with E-state index in [-0.39, 0.29) is 61.6 Å². The Labute approximate surface area is 253 Å². The number of alkyl halides is 2. The third kappa shape index (κ3) is 4.52. The first-order valence-corrected chi connectivity index (χ1v) is 14.9. The molecule has 236 valence electrons. The van der Waals surface area contributed by atoms with Gasteiger partial charge in [0.05, 0.1) is 23.8 Å². The van der Waals surface area contributed by atoms with E-state index in [0.717, 1.165) is 0 Å². The first-order chi connectivity index (χ1) is 20.7. The highest BCUT2D eigenvalue weighted by atomic mass is 19.3. The fourth-order valence-corrected chi connectivity index (χ4v) is 8.12. The van der Waals surface area contributed by atoms with Gasteiger partial charge in [0.1, 0.15) is 28.4 Å². The number of aromatic hydroxyl groups is 1. The van der Waals surface area contributed by atoms with E-state index in [1.165, 1.54) is 6.07 Å². The molecule has 12 heteroatoms. The molecule has 1 aromatic rings. The van der Waals surface area contributed by atoms with Gasteiger partial charge in [-0.25, -0.2) is 8.78 Å². The fourth-order valence-electron chi connectivity index (χ4n) is 8.12. The molecule has 1 amide bonds. The van der Waals surface area contributed by atoms with Crippen molar-refractivity contribution in [3.63, 3.8) is 0 Å². The predicted octanol–water partition coefficient (Wildman–Crippen LogP) is 2.96. The van der Waals surface area contributed by atoms with Crippen molar-refractivity contribution >= 4 is 23.2 Å². The third-order valence-electron chi connectivity index (χ3n) is 10.4. The van der Waals surface area contributed by atoms with Crippen LogP contribution in [0.5, 0.6) is 5.75 Å². The van der Waals surface area contributed by atoms with Crippen LogP contribution in [0.2, 0.25) is 0 Å². The van der Waals surface area contributed by atoms with Crippen molar-refractivity contribution in [1.82, 2.24) is 9.80 Å². The van der Waals surface area contributed by atoms with Gasteiger partial charge >= 0.3 is 0 Å². The summed E-state index contributed by atoms with van der Waals surface area (Å²) >= 11 is 0. The lowest BCUT2D eigenvalue weighted by Crippen LogP contribution is -2.55. The van der Waals surface area contributed by atoms with Crippen molar-refractivity contribution in [3.05, 3.63) is 58.1 Å². The van der Waals surface area contributed by atoms with Crippen LogP contribution in [0.1, 0.15) is 42.9 Å². The molecule has 4 unspecified atom stereocenters. The van der Waals surface area contributed by atoms with Gasteiger partial charge in [-0.1, -0.05) is 6.07 Å². The van der Waals surface area contributed by atoms with Gasteiger partial charge in [0.25, 0.3) is 11.8 Å². The van der Waals surface area contributed by atoms with Gasteiger partial charge in [-0.3, -0.25) is 19.3 Å². The summed E-state index contributed by atoms with van der Waals surface area (Å²) in [6, 6.07) is 2.32. The van der Waals surface area contributed by atoms with E-state index in [4.69, 9.17) is 10.5 Å². The van der Waals surface area contributed by atoms with Crippen molar-refractivity contribution in [1.29, 1.82) is 0 Å². The summed E-state index contributed by atoms with van der Waals surface area (Å²) in [5.74, 6) is -9.29. The van der Waals surface area contributed by atoms with E-state index in [1.807, 2.05) is 17.9 Å². The number of aliphatic hydroxyl groups excluding tert-OH is 2. The van der Waals surface area contributed by atoms with Crippen LogP contribution in [-0.4, -0.2) is 88.3 Å². The van der Waals surface area contributed by atoms with E-state index in [1.54, 1.807) is 31.3 Å². The van der Waals surface area contributed by atoms with Gasteiger partial charge in [0, 0.05) is 44.0 Å². The number of nitrogens with two attached hydrogens (primary N) is 1. The van der Waals surface area contributed by atoms with Crippen molar-refractivity contribution in [3.8, 4) is 5.75 Å². The number of amides is 1. The number of nitrogens with zero attached hydrogens (tertiary/aromatic N) is 2. The first-order valence-electron chi connectivity index (χ1n) is 14.9. The van der Waals surface area contributed by atoms with Crippen LogP contribution in [0, 0.1) is 23.7 Å². The van der Waals surface area contributed by atoms with E-state index in [0.29, 0.717) is 17.7 Å². The lowest BCUT2D eigenvalue weighted by Gasteiger charge is -2.46. The highest BCUT2D eigenvalue weighted by Gasteiger charge is 2.56. The minimum absolute atomic E-state index is 0.00341. The molecule has 10 nitrogen and oxygen atoms in total. The zero-order valence-corrected chi connectivity index (χ0v) is 24.8. The summed E-state index contributed by atoms with van der Waals surface area (Å²) in [7, 11) is 3.34. The molecule has 5 aliphatic rings. The maximum absolute atomic E-state index is 14.0. The number of piperidine rings is 1. The Morgan fingerprint density at radius 2 is 1.82 bits per heavy atom. The number of hydrogen-bond donors (Lipinski definition) is 4. The number of likely N-dealkylation sites (N-methyl/N-ethyl adjacent to an activating group) is 1. The summed E-state index contributed by atoms with van der Waals surface area (Å²) in [5, 5.41) is 33.5. The number of allylic oxidation sites excluding steroid dienone is 1. The van der Waals surface area contributed by atoms with Crippen LogP contribution >= 0.6 is 0 Å². The van der Waals surface area contributed by atoms with Crippen LogP contribution in [0.4, 0.5) is 8.78 Å². The first kappa shape index (κ1) is 30.3. The molecule has 0 radical (unpaired) electrons. The van der Waals surface area contributed by atoms with E-state index >= 15 is 0 Å². The predicted molar refractivity (Wildman–Crippen MR) is 154 cm³/mol. The van der Waals surface area contributed by atoms with Gasteiger partial charge in [-0.05, 0) is 69.0 Å². The number of Topliss-reactive ketones (excluding diaryl/α,β-unsaturated/α-hetero) is 2. The molecule has 0 aromatic heterocycles. The normalized spacial score (nSPS) is 33.3. The maximum atomic E-state index is 14.0. The van der Waals surface area contributed by atoms with Crippen LogP contribution in [0.15, 0.2) is 41.4 Å². The van der Waals surface area contributed by atoms with Crippen molar-refractivity contribution in [2.24, 2.45) is 29.4 Å². The Kier molecular flexibility index (Phi) is 7.16. The number of aliphatic hydroxyl groups is 2. The number of phenolic OH excluding ortho intramolecular Hbond substituents is 1. The zero-order valence-electron chi connectivity index (χ0n) is 24.8. The van der Waals surface area contributed by atoms with Gasteiger partial charge in [-0.15, -0.1) is 0 Å². The molecule has 2 aliphatic heterocycles. The molecule has 1 saturated carbocycles.